The first kappa shape index (κ1) is 14.1. The summed E-state index contributed by atoms with van der Waals surface area (Å²) in [4.78, 5) is 2.30. The van der Waals surface area contributed by atoms with Crippen LogP contribution in [-0.4, -0.2) is 18.0 Å². The minimum Gasteiger partial charge on any atom is -0.372 e. The maximum absolute atomic E-state index is 8.70. The van der Waals surface area contributed by atoms with Gasteiger partial charge in [-0.3, -0.25) is 0 Å². The largest absolute Gasteiger partial charge is 0.372 e. The van der Waals surface area contributed by atoms with E-state index in [1.54, 1.807) is 6.08 Å². The Balaban J connectivity index is 3.19. The predicted molar refractivity (Wildman–Crippen MR) is 76.7 cm³/mol. The maximum atomic E-state index is 8.70. The fourth-order valence-electron chi connectivity index (χ4n) is 1.89. The molecule has 0 aromatic heterocycles. The van der Waals surface area contributed by atoms with Gasteiger partial charge in [-0.15, -0.1) is 0 Å². The zero-order valence-electron chi connectivity index (χ0n) is 11.4. The molecular weight excluding hydrogens is 220 g/mol. The smallest absolute Gasteiger partial charge is 0.0914 e. The predicted octanol–water partition coefficient (Wildman–Crippen LogP) is 3.84. The molecule has 0 N–H and O–H groups in total. The van der Waals surface area contributed by atoms with E-state index in [0.29, 0.717) is 0 Å². The molecule has 0 atom stereocenters. The van der Waals surface area contributed by atoms with E-state index in [1.165, 1.54) is 11.3 Å². The van der Waals surface area contributed by atoms with Crippen LogP contribution in [0.2, 0.25) is 0 Å². The van der Waals surface area contributed by atoms with Crippen LogP contribution in [0.15, 0.2) is 48.1 Å². The fraction of sp³-hybridized carbons (Fsp3) is 0.312. The summed E-state index contributed by atoms with van der Waals surface area (Å²) in [6, 6.07) is 12.4. The Kier molecular flexibility index (Phi) is 5.73. The van der Waals surface area contributed by atoms with Gasteiger partial charge in [0.15, 0.2) is 0 Å². The summed E-state index contributed by atoms with van der Waals surface area (Å²) in [6.45, 7) is 8.15. The van der Waals surface area contributed by atoms with E-state index in [4.69, 9.17) is 5.26 Å². The first-order valence-corrected chi connectivity index (χ1v) is 6.31. The van der Waals surface area contributed by atoms with Gasteiger partial charge >= 0.3 is 0 Å². The maximum Gasteiger partial charge on any atom is 0.0914 e. The topological polar surface area (TPSA) is 27.0 Å². The molecule has 1 aromatic rings. The molecule has 0 radical (unpaired) electrons. The van der Waals surface area contributed by atoms with Crippen LogP contribution in [0.3, 0.4) is 0 Å². The summed E-state index contributed by atoms with van der Waals surface area (Å²) in [7, 11) is 0. The Morgan fingerprint density at radius 3 is 2.33 bits per heavy atom. The molecule has 18 heavy (non-hydrogen) atoms. The first-order chi connectivity index (χ1) is 8.72. The lowest BCUT2D eigenvalue weighted by Gasteiger charge is -2.25. The standard InChI is InChI=1S/C16H20N2/c1-4-18(5-2)16(13-14(3)11-12-17)15-9-7-6-8-10-15/h6-11,13H,4-5H2,1-3H3/b14-11-,16-13+. The van der Waals surface area contributed by atoms with Crippen molar-refractivity contribution in [3.05, 3.63) is 53.6 Å². The third-order valence-corrected chi connectivity index (χ3v) is 2.83. The summed E-state index contributed by atoms with van der Waals surface area (Å²) in [5, 5.41) is 8.70. The van der Waals surface area contributed by atoms with E-state index < -0.39 is 0 Å². The summed E-state index contributed by atoms with van der Waals surface area (Å²) >= 11 is 0. The molecule has 0 amide bonds. The number of hydrogen-bond acceptors (Lipinski definition) is 2. The van der Waals surface area contributed by atoms with Gasteiger partial charge in [0.2, 0.25) is 0 Å². The summed E-state index contributed by atoms with van der Waals surface area (Å²) in [5.74, 6) is 0. The third kappa shape index (κ3) is 3.78. The Bertz CT molecular complexity index is 460. The van der Waals surface area contributed by atoms with Crippen LogP contribution in [0, 0.1) is 11.3 Å². The Hall–Kier alpha value is -2.01. The molecule has 0 fully saturated rings. The van der Waals surface area contributed by atoms with Gasteiger partial charge in [0.05, 0.1) is 6.07 Å². The van der Waals surface area contributed by atoms with E-state index in [0.717, 1.165) is 18.7 Å². The van der Waals surface area contributed by atoms with Gasteiger partial charge in [-0.05, 0) is 38.0 Å². The molecule has 0 aliphatic heterocycles. The highest BCUT2D eigenvalue weighted by Gasteiger charge is 2.07. The number of benzene rings is 1. The molecular formula is C16H20N2. The van der Waals surface area contributed by atoms with Crippen molar-refractivity contribution in [2.75, 3.05) is 13.1 Å². The molecule has 0 bridgehead atoms. The average Bonchev–Trinajstić information content (AvgIpc) is 2.40. The van der Waals surface area contributed by atoms with Gasteiger partial charge in [-0.2, -0.15) is 5.26 Å². The van der Waals surface area contributed by atoms with E-state index in [-0.39, 0.29) is 0 Å². The molecule has 0 unspecified atom stereocenters. The van der Waals surface area contributed by atoms with Gasteiger partial charge < -0.3 is 4.90 Å². The zero-order valence-corrected chi connectivity index (χ0v) is 11.4. The van der Waals surface area contributed by atoms with Crippen LogP contribution in [-0.2, 0) is 0 Å². The van der Waals surface area contributed by atoms with Crippen LogP contribution in [0.5, 0.6) is 0 Å². The number of hydrogen-bond donors (Lipinski definition) is 0. The van der Waals surface area contributed by atoms with E-state index in [2.05, 4.69) is 43.0 Å². The lowest BCUT2D eigenvalue weighted by atomic mass is 10.1. The van der Waals surface area contributed by atoms with Crippen molar-refractivity contribution in [2.45, 2.75) is 20.8 Å². The Labute approximate surface area is 110 Å². The molecule has 0 aliphatic carbocycles. The summed E-state index contributed by atoms with van der Waals surface area (Å²) < 4.78 is 0. The van der Waals surface area contributed by atoms with E-state index in [9.17, 15) is 0 Å². The Morgan fingerprint density at radius 2 is 1.83 bits per heavy atom. The minimum absolute atomic E-state index is 0.955. The number of allylic oxidation sites excluding steroid dienone is 3. The quantitative estimate of drug-likeness (QED) is 0.577. The second kappa shape index (κ2) is 7.34. The van der Waals surface area contributed by atoms with Crippen molar-refractivity contribution in [2.24, 2.45) is 0 Å². The van der Waals surface area contributed by atoms with Gasteiger partial charge in [-0.25, -0.2) is 0 Å². The van der Waals surface area contributed by atoms with Gasteiger partial charge in [-0.1, -0.05) is 30.3 Å². The van der Waals surface area contributed by atoms with Crippen molar-refractivity contribution in [3.63, 3.8) is 0 Å². The second-order valence-electron chi connectivity index (χ2n) is 4.09. The molecule has 0 aliphatic rings. The van der Waals surface area contributed by atoms with E-state index >= 15 is 0 Å². The van der Waals surface area contributed by atoms with Crippen molar-refractivity contribution in [1.82, 2.24) is 4.90 Å². The van der Waals surface area contributed by atoms with Crippen LogP contribution >= 0.6 is 0 Å². The zero-order chi connectivity index (χ0) is 13.4. The lowest BCUT2D eigenvalue weighted by molar-refractivity contribution is 0.441. The highest BCUT2D eigenvalue weighted by Crippen LogP contribution is 2.20. The van der Waals surface area contributed by atoms with Crippen molar-refractivity contribution in [3.8, 4) is 6.07 Å². The van der Waals surface area contributed by atoms with Crippen molar-refractivity contribution < 1.29 is 0 Å². The van der Waals surface area contributed by atoms with Crippen LogP contribution in [0.4, 0.5) is 0 Å². The number of rotatable bonds is 5. The molecule has 0 spiro atoms. The SMILES string of the molecule is CCN(CC)/C(=C/C(C)=C\C#N)c1ccccc1. The van der Waals surface area contributed by atoms with Gasteiger partial charge in [0.25, 0.3) is 0 Å². The Morgan fingerprint density at radius 1 is 1.22 bits per heavy atom. The number of nitriles is 1. The second-order valence-corrected chi connectivity index (χ2v) is 4.09. The molecule has 1 rings (SSSR count). The molecule has 2 heteroatoms. The molecule has 1 aromatic carbocycles. The molecule has 2 nitrogen and oxygen atoms in total. The normalized spacial score (nSPS) is 12.1. The molecule has 0 heterocycles. The monoisotopic (exact) mass is 240 g/mol. The van der Waals surface area contributed by atoms with Crippen LogP contribution in [0.1, 0.15) is 26.3 Å². The molecule has 0 saturated heterocycles. The van der Waals surface area contributed by atoms with Crippen LogP contribution in [0.25, 0.3) is 5.70 Å². The van der Waals surface area contributed by atoms with Crippen molar-refractivity contribution in [1.29, 1.82) is 5.26 Å². The molecule has 94 valence electrons. The fourth-order valence-corrected chi connectivity index (χ4v) is 1.89. The number of nitrogens with zero attached hydrogens (tertiary/aromatic N) is 2. The van der Waals surface area contributed by atoms with Crippen LogP contribution < -0.4 is 0 Å². The van der Waals surface area contributed by atoms with Crippen molar-refractivity contribution >= 4 is 5.70 Å². The van der Waals surface area contributed by atoms with Gasteiger partial charge in [0, 0.05) is 24.9 Å². The highest BCUT2D eigenvalue weighted by atomic mass is 15.1. The van der Waals surface area contributed by atoms with Gasteiger partial charge in [0.1, 0.15) is 0 Å². The first-order valence-electron chi connectivity index (χ1n) is 6.31. The summed E-state index contributed by atoms with van der Waals surface area (Å²) in [6.07, 6.45) is 3.65. The highest BCUT2D eigenvalue weighted by molar-refractivity contribution is 5.66. The third-order valence-electron chi connectivity index (χ3n) is 2.83. The minimum atomic E-state index is 0.955. The molecule has 0 saturated carbocycles. The summed E-state index contributed by atoms with van der Waals surface area (Å²) in [5.41, 5.74) is 3.33. The lowest BCUT2D eigenvalue weighted by Crippen LogP contribution is -2.21. The van der Waals surface area contributed by atoms with E-state index in [1.807, 2.05) is 25.1 Å². The average molecular weight is 240 g/mol.